The highest BCUT2D eigenvalue weighted by Gasteiger charge is 2.35. The van der Waals surface area contributed by atoms with E-state index in [1.807, 2.05) is 15.4 Å². The molecule has 2 fully saturated rings. The molecule has 0 aliphatic carbocycles. The molecule has 0 saturated carbocycles. The molecule has 5 heterocycles. The number of carbonyl (C=O) groups excluding carboxylic acids is 1. The predicted molar refractivity (Wildman–Crippen MR) is 136 cm³/mol. The molecule has 0 radical (unpaired) electrons. The third-order valence-corrected chi connectivity index (χ3v) is 6.94. The average molecular weight is 497 g/mol. The van der Waals surface area contributed by atoms with Crippen molar-refractivity contribution in [3.63, 3.8) is 0 Å². The van der Waals surface area contributed by atoms with Gasteiger partial charge >= 0.3 is 0 Å². The molecule has 1 amide bonds. The zero-order valence-corrected chi connectivity index (χ0v) is 20.9. The van der Waals surface area contributed by atoms with E-state index >= 15 is 0 Å². The normalized spacial score (nSPS) is 21.4. The number of fused-ring (bicyclic) bond motifs is 1. The molecule has 36 heavy (non-hydrogen) atoms. The Morgan fingerprint density at radius 3 is 2.75 bits per heavy atom. The van der Waals surface area contributed by atoms with E-state index in [2.05, 4.69) is 53.1 Å². The van der Waals surface area contributed by atoms with E-state index in [-0.39, 0.29) is 19.1 Å². The second-order valence-corrected chi connectivity index (χ2v) is 9.90. The highest BCUT2D eigenvalue weighted by Crippen LogP contribution is 2.30. The number of alkyl halides is 1. The Balaban J connectivity index is 1.44. The van der Waals surface area contributed by atoms with Crippen LogP contribution >= 0.6 is 0 Å². The largest absolute Gasteiger partial charge is 0.345 e. The van der Waals surface area contributed by atoms with Crippen molar-refractivity contribution in [2.45, 2.75) is 51.0 Å². The molecular formula is C24H33FN10O. The van der Waals surface area contributed by atoms with Gasteiger partial charge in [-0.2, -0.15) is 15.1 Å². The maximum absolute atomic E-state index is 14.7. The molecule has 11 nitrogen and oxygen atoms in total. The number of nitrogens with zero attached hydrogens (tertiary/aromatic N) is 8. The molecule has 3 aromatic rings. The summed E-state index contributed by atoms with van der Waals surface area (Å²) in [5.41, 5.74) is 2.10. The Morgan fingerprint density at radius 2 is 2.03 bits per heavy atom. The van der Waals surface area contributed by atoms with Gasteiger partial charge in [-0.1, -0.05) is 6.58 Å². The number of rotatable bonds is 7. The lowest BCUT2D eigenvalue weighted by molar-refractivity contribution is -0.117. The van der Waals surface area contributed by atoms with Crippen LogP contribution in [0.15, 0.2) is 31.4 Å². The minimum Gasteiger partial charge on any atom is -0.345 e. The first-order valence-corrected chi connectivity index (χ1v) is 12.4. The van der Waals surface area contributed by atoms with Gasteiger partial charge in [-0.15, -0.1) is 0 Å². The van der Waals surface area contributed by atoms with E-state index in [1.54, 1.807) is 17.4 Å². The predicted octanol–water partition coefficient (Wildman–Crippen LogP) is 2.44. The molecule has 2 atom stereocenters. The van der Waals surface area contributed by atoms with Crippen LogP contribution in [0, 0.1) is 0 Å². The molecule has 2 N–H and O–H groups in total. The summed E-state index contributed by atoms with van der Waals surface area (Å²) in [6.45, 7) is 9.99. The molecular weight excluding hydrogens is 463 g/mol. The van der Waals surface area contributed by atoms with E-state index in [0.29, 0.717) is 29.0 Å². The lowest BCUT2D eigenvalue weighted by atomic mass is 10.1. The summed E-state index contributed by atoms with van der Waals surface area (Å²) in [4.78, 5) is 29.9. The lowest BCUT2D eigenvalue weighted by Crippen LogP contribution is -2.40. The van der Waals surface area contributed by atoms with E-state index in [9.17, 15) is 9.18 Å². The zero-order chi connectivity index (χ0) is 25.4. The number of amides is 1. The first-order valence-electron chi connectivity index (χ1n) is 12.4. The van der Waals surface area contributed by atoms with Gasteiger partial charge in [-0.05, 0) is 52.9 Å². The Hall–Kier alpha value is -3.54. The molecule has 0 spiro atoms. The van der Waals surface area contributed by atoms with Crippen LogP contribution < -0.4 is 15.5 Å². The Kier molecular flexibility index (Phi) is 6.61. The lowest BCUT2D eigenvalue weighted by Gasteiger charge is -2.28. The first kappa shape index (κ1) is 24.2. The van der Waals surface area contributed by atoms with Crippen LogP contribution in [0.3, 0.4) is 0 Å². The van der Waals surface area contributed by atoms with Gasteiger partial charge in [0.15, 0.2) is 17.0 Å². The van der Waals surface area contributed by atoms with E-state index < -0.39 is 18.1 Å². The van der Waals surface area contributed by atoms with Gasteiger partial charge in [0.25, 0.3) is 0 Å². The van der Waals surface area contributed by atoms with Crippen LogP contribution in [0.1, 0.15) is 38.8 Å². The third-order valence-electron chi connectivity index (χ3n) is 6.94. The van der Waals surface area contributed by atoms with Gasteiger partial charge in [0.1, 0.15) is 6.17 Å². The van der Waals surface area contributed by atoms with Crippen molar-refractivity contribution in [1.29, 1.82) is 0 Å². The highest BCUT2D eigenvalue weighted by atomic mass is 19.1. The third kappa shape index (κ3) is 4.77. The fourth-order valence-corrected chi connectivity index (χ4v) is 4.82. The number of carbonyl (C=O) groups is 1. The van der Waals surface area contributed by atoms with Gasteiger partial charge in [-0.25, -0.2) is 9.37 Å². The minimum atomic E-state index is -1.24. The molecule has 2 saturated heterocycles. The van der Waals surface area contributed by atoms with Crippen LogP contribution in [0.4, 0.5) is 21.8 Å². The Labute approximate surface area is 209 Å². The molecule has 0 bridgehead atoms. The smallest absolute Gasteiger partial charge is 0.243 e. The van der Waals surface area contributed by atoms with E-state index in [4.69, 9.17) is 9.97 Å². The quantitative estimate of drug-likeness (QED) is 0.480. The Bertz CT molecular complexity index is 1240. The molecule has 2 aliphatic heterocycles. The fraction of sp³-hybridized carbons (Fsp3) is 0.542. The van der Waals surface area contributed by atoms with Crippen LogP contribution in [0.5, 0.6) is 0 Å². The second-order valence-electron chi connectivity index (χ2n) is 9.90. The monoisotopic (exact) mass is 496 g/mol. The number of hydrogen-bond acceptors (Lipinski definition) is 8. The summed E-state index contributed by atoms with van der Waals surface area (Å²) in [6.07, 6.45) is 7.55. The Morgan fingerprint density at radius 1 is 1.25 bits per heavy atom. The summed E-state index contributed by atoms with van der Waals surface area (Å²) in [5.74, 6) is 0.516. The van der Waals surface area contributed by atoms with Crippen LogP contribution in [0.2, 0.25) is 0 Å². The van der Waals surface area contributed by atoms with Crippen molar-refractivity contribution in [2.75, 3.05) is 43.4 Å². The topological polar surface area (TPSA) is 109 Å². The maximum atomic E-state index is 14.7. The first-order chi connectivity index (χ1) is 17.3. The fourth-order valence-electron chi connectivity index (χ4n) is 4.82. The van der Waals surface area contributed by atoms with Crippen LogP contribution in [0.25, 0.3) is 11.2 Å². The molecule has 2 aliphatic rings. The molecule has 12 heteroatoms. The van der Waals surface area contributed by atoms with Crippen molar-refractivity contribution >= 4 is 34.5 Å². The molecule has 192 valence electrons. The van der Waals surface area contributed by atoms with Crippen molar-refractivity contribution in [2.24, 2.45) is 0 Å². The minimum absolute atomic E-state index is 0.0803. The van der Waals surface area contributed by atoms with E-state index in [0.717, 1.165) is 37.7 Å². The average Bonchev–Trinajstić information content (AvgIpc) is 3.58. The SMILES string of the molecule is C=CC(=O)N[C@@H]1CN(c2nc(Nc3cnn(C4CCN(C)CC4)c3)c3ncn(C(C)C)c3n2)C[C@H]1F. The van der Waals surface area contributed by atoms with Crippen LogP contribution in [-0.2, 0) is 4.79 Å². The number of halogens is 1. The van der Waals surface area contributed by atoms with Gasteiger partial charge in [-0.3, -0.25) is 9.48 Å². The van der Waals surface area contributed by atoms with Gasteiger partial charge < -0.3 is 25.0 Å². The number of aromatic nitrogens is 6. The maximum Gasteiger partial charge on any atom is 0.243 e. The summed E-state index contributed by atoms with van der Waals surface area (Å²) >= 11 is 0. The van der Waals surface area contributed by atoms with E-state index in [1.165, 1.54) is 0 Å². The van der Waals surface area contributed by atoms with Crippen LogP contribution in [-0.4, -0.2) is 85.5 Å². The highest BCUT2D eigenvalue weighted by molar-refractivity contribution is 5.88. The van der Waals surface area contributed by atoms with Gasteiger partial charge in [0.2, 0.25) is 11.9 Å². The summed E-state index contributed by atoms with van der Waals surface area (Å²) in [7, 11) is 2.14. The number of piperidine rings is 1. The number of likely N-dealkylation sites (tertiary alicyclic amines) is 1. The zero-order valence-electron chi connectivity index (χ0n) is 20.9. The van der Waals surface area contributed by atoms with Crippen molar-refractivity contribution < 1.29 is 9.18 Å². The summed E-state index contributed by atoms with van der Waals surface area (Å²) in [5, 5.41) is 10.6. The van der Waals surface area contributed by atoms with Gasteiger partial charge in [0.05, 0.1) is 36.8 Å². The summed E-state index contributed by atoms with van der Waals surface area (Å²) in [6, 6.07) is -0.162. The molecule has 5 rings (SSSR count). The number of nitrogens with one attached hydrogen (secondary N) is 2. The van der Waals surface area contributed by atoms with Crippen molar-refractivity contribution in [3.8, 4) is 0 Å². The number of anilines is 3. The molecule has 3 aromatic heterocycles. The molecule has 0 unspecified atom stereocenters. The van der Waals surface area contributed by atoms with Gasteiger partial charge in [0, 0.05) is 18.8 Å². The number of imidazole rings is 1. The standard InChI is InChI=1S/C24H33FN10O/c1-5-20(36)29-19-13-33(12-18(19)25)24-30-22(21-23(31-24)34(14-26-21)15(2)3)28-16-10-27-35(11-16)17-6-8-32(4)9-7-17/h5,10-11,14-15,17-19H,1,6-9,12-13H2,2-4H3,(H,29,36)(H,28,30,31)/t18-,19-/m1/s1. The summed E-state index contributed by atoms with van der Waals surface area (Å²) < 4.78 is 18.7. The number of hydrogen-bond donors (Lipinski definition) is 2. The molecule has 0 aromatic carbocycles. The van der Waals surface area contributed by atoms with Crippen molar-refractivity contribution in [1.82, 2.24) is 39.5 Å². The van der Waals surface area contributed by atoms with Crippen molar-refractivity contribution in [3.05, 3.63) is 31.4 Å². The second kappa shape index (κ2) is 9.84.